The second-order valence-corrected chi connectivity index (χ2v) is 4.93. The van der Waals surface area contributed by atoms with Crippen LogP contribution in [0.1, 0.15) is 19.8 Å². The van der Waals surface area contributed by atoms with Gasteiger partial charge in [-0.25, -0.2) is 0 Å². The molecule has 1 aromatic heterocycles. The Kier molecular flexibility index (Phi) is 6.37. The smallest absolute Gasteiger partial charge is 0.281 e. The molecule has 9 heteroatoms. The second kappa shape index (κ2) is 6.80. The van der Waals surface area contributed by atoms with Crippen LogP contribution in [0, 0.1) is 0 Å². The predicted molar refractivity (Wildman–Crippen MR) is 60.6 cm³/mol. The zero-order chi connectivity index (χ0) is 15.2. The molecule has 0 amide bonds. The van der Waals surface area contributed by atoms with Crippen molar-refractivity contribution in [3.63, 3.8) is 0 Å². The molecule has 0 saturated heterocycles. The van der Waals surface area contributed by atoms with E-state index >= 15 is 0 Å². The summed E-state index contributed by atoms with van der Waals surface area (Å²) in [6.45, 7) is 1.19. The van der Waals surface area contributed by atoms with Crippen molar-refractivity contribution in [3.8, 4) is 0 Å². The molecule has 4 nitrogen and oxygen atoms in total. The monoisotopic (exact) mass is 303 g/mol. The van der Waals surface area contributed by atoms with Gasteiger partial charge in [0.2, 0.25) is 0 Å². The highest BCUT2D eigenvalue weighted by atomic mass is 32.2. The summed E-state index contributed by atoms with van der Waals surface area (Å²) in [4.78, 5) is 3.78. The molecule has 0 fully saturated rings. The Hall–Kier alpha value is -1.22. The van der Waals surface area contributed by atoms with Crippen LogP contribution < -0.4 is 0 Å². The Morgan fingerprint density at radius 3 is 1.79 bits per heavy atom. The molecule has 0 atom stereocenters. The lowest BCUT2D eigenvalue weighted by Crippen LogP contribution is -2.46. The van der Waals surface area contributed by atoms with Crippen LogP contribution in [0.4, 0.5) is 17.6 Å². The molecule has 0 spiro atoms. The number of aromatic nitrogens is 1. The summed E-state index contributed by atoms with van der Waals surface area (Å²) in [7, 11) is -6.07. The Bertz CT molecular complexity index is 438. The van der Waals surface area contributed by atoms with Crippen LogP contribution >= 0.6 is 0 Å². The summed E-state index contributed by atoms with van der Waals surface area (Å²) in [5, 5.41) is -5.42. The lowest BCUT2D eigenvalue weighted by Gasteiger charge is -2.22. The van der Waals surface area contributed by atoms with Crippen molar-refractivity contribution >= 4 is 10.1 Å². The van der Waals surface area contributed by atoms with Gasteiger partial charge in [-0.05, 0) is 12.1 Å². The van der Waals surface area contributed by atoms with Crippen LogP contribution in [-0.2, 0) is 10.1 Å². The van der Waals surface area contributed by atoms with Gasteiger partial charge in [0, 0.05) is 18.8 Å². The third-order valence-electron chi connectivity index (χ3n) is 1.88. The number of hydrogen-bond acceptors (Lipinski definition) is 3. The number of alkyl halides is 4. The highest BCUT2D eigenvalue weighted by Gasteiger charge is 2.64. The summed E-state index contributed by atoms with van der Waals surface area (Å²) in [5.74, 6) is -4.74. The predicted octanol–water partition coefficient (Wildman–Crippen LogP) is 2.98. The fraction of sp³-hybridized carbons (Fsp3) is 0.500. The minimum Gasteiger partial charge on any atom is -0.281 e. The molecule has 0 aromatic carbocycles. The first-order valence-corrected chi connectivity index (χ1v) is 6.58. The van der Waals surface area contributed by atoms with Crippen LogP contribution in [0.5, 0.6) is 0 Å². The zero-order valence-corrected chi connectivity index (χ0v) is 10.7. The van der Waals surface area contributed by atoms with Crippen molar-refractivity contribution in [1.82, 2.24) is 4.98 Å². The number of pyridine rings is 1. The van der Waals surface area contributed by atoms with Gasteiger partial charge in [0.25, 0.3) is 0 Å². The molecule has 1 heterocycles. The van der Waals surface area contributed by atoms with Gasteiger partial charge in [-0.2, -0.15) is 26.0 Å². The maximum atomic E-state index is 12.4. The number of rotatable bonds is 4. The molecule has 0 aliphatic carbocycles. The van der Waals surface area contributed by atoms with Crippen molar-refractivity contribution in [3.05, 3.63) is 30.6 Å². The van der Waals surface area contributed by atoms with Gasteiger partial charge >= 0.3 is 21.3 Å². The highest BCUT2D eigenvalue weighted by molar-refractivity contribution is 7.87. The van der Waals surface area contributed by atoms with Crippen LogP contribution in [0.2, 0.25) is 0 Å². The number of halogens is 4. The third-order valence-corrected chi connectivity index (χ3v) is 2.83. The van der Waals surface area contributed by atoms with E-state index in [1.165, 1.54) is 6.92 Å². The second-order valence-electron chi connectivity index (χ2n) is 3.47. The molecule has 0 saturated carbocycles. The van der Waals surface area contributed by atoms with E-state index in [0.29, 0.717) is 0 Å². The topological polar surface area (TPSA) is 67.3 Å². The molecule has 0 radical (unpaired) electrons. The lowest BCUT2D eigenvalue weighted by atomic mass is 10.2. The Labute approximate surface area is 108 Å². The first-order chi connectivity index (χ1) is 8.56. The molecule has 0 bridgehead atoms. The first-order valence-electron chi connectivity index (χ1n) is 5.14. The third kappa shape index (κ3) is 5.11. The normalized spacial score (nSPS) is 12.5. The maximum absolute atomic E-state index is 12.4. The Balaban J connectivity index is 0.000000443. The zero-order valence-electron chi connectivity index (χ0n) is 9.93. The van der Waals surface area contributed by atoms with E-state index in [9.17, 15) is 26.0 Å². The lowest BCUT2D eigenvalue weighted by molar-refractivity contribution is -0.164. The van der Waals surface area contributed by atoms with Gasteiger partial charge in [0.05, 0.1) is 0 Å². The summed E-state index contributed by atoms with van der Waals surface area (Å²) >= 11 is 0. The Morgan fingerprint density at radius 2 is 1.58 bits per heavy atom. The van der Waals surface area contributed by atoms with Gasteiger partial charge in [-0.1, -0.05) is 19.4 Å². The summed E-state index contributed by atoms with van der Waals surface area (Å²) in [5.41, 5.74) is 0. The van der Waals surface area contributed by atoms with Crippen LogP contribution in [-0.4, -0.2) is 29.1 Å². The van der Waals surface area contributed by atoms with E-state index in [2.05, 4.69) is 4.98 Å². The van der Waals surface area contributed by atoms with Gasteiger partial charge in [-0.3, -0.25) is 9.54 Å². The molecule has 1 aromatic rings. The van der Waals surface area contributed by atoms with E-state index in [4.69, 9.17) is 4.55 Å². The van der Waals surface area contributed by atoms with Gasteiger partial charge in [-0.15, -0.1) is 0 Å². The van der Waals surface area contributed by atoms with E-state index in [-0.39, 0.29) is 6.42 Å². The summed E-state index contributed by atoms with van der Waals surface area (Å²) in [6.07, 6.45) is 1.87. The van der Waals surface area contributed by atoms with Gasteiger partial charge < -0.3 is 0 Å². The van der Waals surface area contributed by atoms with Gasteiger partial charge in [0.15, 0.2) is 0 Å². The van der Waals surface area contributed by atoms with E-state index in [1.54, 1.807) is 12.4 Å². The Morgan fingerprint density at radius 1 is 1.11 bits per heavy atom. The summed E-state index contributed by atoms with van der Waals surface area (Å²) in [6, 6.07) is 5.72. The van der Waals surface area contributed by atoms with Crippen LogP contribution in [0.25, 0.3) is 0 Å². The average molecular weight is 303 g/mol. The van der Waals surface area contributed by atoms with E-state index in [0.717, 1.165) is 0 Å². The average Bonchev–Trinajstić information content (AvgIpc) is 2.30. The highest BCUT2D eigenvalue weighted by Crippen LogP contribution is 2.41. The molecule has 0 aliphatic heterocycles. The number of hydrogen-bond donors (Lipinski definition) is 1. The number of nitrogens with zero attached hydrogens (tertiary/aromatic N) is 1. The van der Waals surface area contributed by atoms with Crippen molar-refractivity contribution in [1.29, 1.82) is 0 Å². The van der Waals surface area contributed by atoms with Crippen LogP contribution in [0.3, 0.4) is 0 Å². The largest absolute Gasteiger partial charge is 0.431 e. The minimum atomic E-state index is -6.07. The minimum absolute atomic E-state index is 0.321. The van der Waals surface area contributed by atoms with E-state index in [1.807, 2.05) is 18.2 Å². The van der Waals surface area contributed by atoms with Crippen LogP contribution in [0.15, 0.2) is 30.6 Å². The van der Waals surface area contributed by atoms with Crippen molar-refractivity contribution in [2.24, 2.45) is 0 Å². The first kappa shape index (κ1) is 17.8. The standard InChI is InChI=1S/C5H8F4O3S.C5H5N/c1-2-3-4(6,7)5(8,9)13(10,11)12;1-2-4-6-5-3-1/h2-3H2,1H3,(H,10,11,12);1-5H. The SMILES string of the molecule is CCCC(F)(F)C(F)(F)S(=O)(=O)O.c1ccncc1. The van der Waals surface area contributed by atoms with Gasteiger partial charge in [0.1, 0.15) is 0 Å². The fourth-order valence-electron chi connectivity index (χ4n) is 0.961. The molecular weight excluding hydrogens is 290 g/mol. The molecule has 1 rings (SSSR count). The quantitative estimate of drug-likeness (QED) is 0.686. The molecule has 0 aliphatic rings. The molecule has 110 valence electrons. The molecule has 19 heavy (non-hydrogen) atoms. The molecule has 1 N–H and O–H groups in total. The maximum Gasteiger partial charge on any atom is 0.431 e. The van der Waals surface area contributed by atoms with Crippen molar-refractivity contribution in [2.75, 3.05) is 0 Å². The van der Waals surface area contributed by atoms with Crippen molar-refractivity contribution in [2.45, 2.75) is 30.9 Å². The van der Waals surface area contributed by atoms with E-state index < -0.39 is 27.7 Å². The molecular formula is C10H13F4NO3S. The molecule has 0 unspecified atom stereocenters. The summed E-state index contributed by atoms with van der Waals surface area (Å²) < 4.78 is 77.1. The van der Waals surface area contributed by atoms with Crippen molar-refractivity contribution < 1.29 is 30.5 Å². The fourth-order valence-corrected chi connectivity index (χ4v) is 1.44.